The second-order valence-electron chi connectivity index (χ2n) is 4.33. The summed E-state index contributed by atoms with van der Waals surface area (Å²) in [5.74, 6) is -0.528. The van der Waals surface area contributed by atoms with Gasteiger partial charge in [-0.25, -0.2) is 9.59 Å². The van der Waals surface area contributed by atoms with E-state index in [1.165, 1.54) is 4.68 Å². The molecule has 1 aliphatic heterocycles. The molecule has 2 amide bonds. The minimum Gasteiger partial charge on any atom is -0.459 e. The number of hydrogen-bond acceptors (Lipinski definition) is 5. The number of urea groups is 1. The lowest BCUT2D eigenvalue weighted by molar-refractivity contribution is 0.0470. The van der Waals surface area contributed by atoms with Gasteiger partial charge in [0.05, 0.1) is 17.9 Å². The summed E-state index contributed by atoms with van der Waals surface area (Å²) < 4.78 is 6.51. The Bertz CT molecular complexity index is 511. The third-order valence-electron chi connectivity index (χ3n) is 3.00. The van der Waals surface area contributed by atoms with Crippen LogP contribution in [0.15, 0.2) is 0 Å². The fourth-order valence-electron chi connectivity index (χ4n) is 1.96. The number of nitrogens with two attached hydrogens (primary N) is 1. The van der Waals surface area contributed by atoms with Gasteiger partial charge >= 0.3 is 12.0 Å². The maximum absolute atomic E-state index is 11.9. The molecule has 3 N–H and O–H groups in total. The van der Waals surface area contributed by atoms with Crippen LogP contribution in [0, 0.1) is 6.92 Å². The average Bonchev–Trinajstić information content (AvgIpc) is 2.85. The van der Waals surface area contributed by atoms with Crippen LogP contribution in [0.3, 0.4) is 0 Å². The number of amides is 2. The van der Waals surface area contributed by atoms with Gasteiger partial charge in [0.1, 0.15) is 6.61 Å². The topological polar surface area (TPSA) is 102 Å². The molecule has 1 aromatic heterocycles. The highest BCUT2D eigenvalue weighted by atomic mass is 16.5. The van der Waals surface area contributed by atoms with Crippen molar-refractivity contribution in [1.82, 2.24) is 20.0 Å². The third kappa shape index (κ3) is 2.61. The largest absolute Gasteiger partial charge is 0.459 e. The van der Waals surface area contributed by atoms with Crippen molar-refractivity contribution in [2.24, 2.45) is 7.05 Å². The molecule has 1 fully saturated rings. The van der Waals surface area contributed by atoms with Gasteiger partial charge in [-0.2, -0.15) is 5.10 Å². The number of nitrogens with zero attached hydrogens (tertiary/aromatic N) is 3. The van der Waals surface area contributed by atoms with Crippen molar-refractivity contribution in [3.8, 4) is 0 Å². The molecule has 19 heavy (non-hydrogen) atoms. The number of hydrogen-bond donors (Lipinski definition) is 2. The summed E-state index contributed by atoms with van der Waals surface area (Å²) in [7, 11) is 1.63. The van der Waals surface area contributed by atoms with Crippen molar-refractivity contribution in [3.05, 3.63) is 11.4 Å². The predicted octanol–water partition coefficient (Wildman–Crippen LogP) is -0.507. The maximum atomic E-state index is 11.9. The highest BCUT2D eigenvalue weighted by molar-refractivity contribution is 5.93. The van der Waals surface area contributed by atoms with E-state index in [1.807, 2.05) is 0 Å². The van der Waals surface area contributed by atoms with Gasteiger partial charge in [0.15, 0.2) is 5.69 Å². The normalized spacial score (nSPS) is 14.6. The van der Waals surface area contributed by atoms with Gasteiger partial charge in [0, 0.05) is 20.1 Å². The molecule has 0 radical (unpaired) electrons. The van der Waals surface area contributed by atoms with Gasteiger partial charge < -0.3 is 20.7 Å². The monoisotopic (exact) mass is 267 g/mol. The summed E-state index contributed by atoms with van der Waals surface area (Å²) in [6.07, 6.45) is 0. The first-order chi connectivity index (χ1) is 9.00. The number of aryl methyl sites for hydroxylation is 2. The van der Waals surface area contributed by atoms with Gasteiger partial charge in [-0.15, -0.1) is 0 Å². The molecule has 2 rings (SSSR count). The Kier molecular flexibility index (Phi) is 3.59. The number of carbonyl (C=O) groups is 2. The van der Waals surface area contributed by atoms with Crippen LogP contribution in [0.2, 0.25) is 0 Å². The molecule has 0 aromatic carbocycles. The minimum absolute atomic E-state index is 0.132. The number of rotatable bonds is 4. The Morgan fingerprint density at radius 1 is 1.58 bits per heavy atom. The molecule has 1 aromatic rings. The molecular weight excluding hydrogens is 250 g/mol. The van der Waals surface area contributed by atoms with E-state index in [1.54, 1.807) is 18.9 Å². The third-order valence-corrected chi connectivity index (χ3v) is 3.00. The van der Waals surface area contributed by atoms with E-state index in [2.05, 4.69) is 10.4 Å². The summed E-state index contributed by atoms with van der Waals surface area (Å²) >= 11 is 0. The molecule has 8 nitrogen and oxygen atoms in total. The lowest BCUT2D eigenvalue weighted by Crippen LogP contribution is -2.32. The second kappa shape index (κ2) is 5.17. The van der Waals surface area contributed by atoms with Crippen LogP contribution in [0.25, 0.3) is 0 Å². The molecule has 1 saturated heterocycles. The zero-order valence-corrected chi connectivity index (χ0v) is 11.0. The van der Waals surface area contributed by atoms with Crippen molar-refractivity contribution in [1.29, 1.82) is 0 Å². The van der Waals surface area contributed by atoms with E-state index in [4.69, 9.17) is 10.5 Å². The maximum Gasteiger partial charge on any atom is 0.358 e. The fourth-order valence-corrected chi connectivity index (χ4v) is 1.96. The van der Waals surface area contributed by atoms with Crippen LogP contribution in [-0.4, -0.2) is 52.9 Å². The predicted molar refractivity (Wildman–Crippen MR) is 67.6 cm³/mol. The van der Waals surface area contributed by atoms with E-state index in [0.717, 1.165) is 0 Å². The molecule has 0 bridgehead atoms. The lowest BCUT2D eigenvalue weighted by Gasteiger charge is -2.13. The van der Waals surface area contributed by atoms with Gasteiger partial charge in [-0.1, -0.05) is 0 Å². The molecular formula is C11H17N5O3. The molecule has 1 aliphatic rings. The Morgan fingerprint density at radius 3 is 2.84 bits per heavy atom. The second-order valence-corrected chi connectivity index (χ2v) is 4.33. The number of aromatic nitrogens is 2. The Morgan fingerprint density at radius 2 is 2.32 bits per heavy atom. The molecule has 0 unspecified atom stereocenters. The minimum atomic E-state index is -0.528. The van der Waals surface area contributed by atoms with Crippen LogP contribution in [0.4, 0.5) is 10.5 Å². The van der Waals surface area contributed by atoms with Crippen molar-refractivity contribution in [2.75, 3.05) is 32.0 Å². The van der Waals surface area contributed by atoms with Crippen molar-refractivity contribution in [2.45, 2.75) is 6.92 Å². The number of ether oxygens (including phenoxy) is 1. The summed E-state index contributed by atoms with van der Waals surface area (Å²) in [6.45, 7) is 3.48. The van der Waals surface area contributed by atoms with Gasteiger partial charge in [-0.05, 0) is 6.92 Å². The zero-order chi connectivity index (χ0) is 14.0. The average molecular weight is 267 g/mol. The van der Waals surface area contributed by atoms with Crippen LogP contribution < -0.4 is 11.1 Å². The SMILES string of the molecule is Cc1nn(C)c(C(=O)OCCN2CCNC2=O)c1N. The Balaban J connectivity index is 1.89. The Hall–Kier alpha value is -2.25. The molecule has 104 valence electrons. The van der Waals surface area contributed by atoms with Crippen molar-refractivity contribution >= 4 is 17.7 Å². The van der Waals surface area contributed by atoms with Crippen molar-refractivity contribution in [3.63, 3.8) is 0 Å². The van der Waals surface area contributed by atoms with Gasteiger partial charge in [0.25, 0.3) is 0 Å². The highest BCUT2D eigenvalue weighted by Gasteiger charge is 2.22. The molecule has 0 spiro atoms. The summed E-state index contributed by atoms with van der Waals surface area (Å²) in [4.78, 5) is 24.7. The summed E-state index contributed by atoms with van der Waals surface area (Å²) in [5, 5.41) is 6.72. The fraction of sp³-hybridized carbons (Fsp3) is 0.545. The van der Waals surface area contributed by atoms with Crippen LogP contribution >= 0.6 is 0 Å². The smallest absolute Gasteiger partial charge is 0.358 e. The molecule has 0 atom stereocenters. The van der Waals surface area contributed by atoms with Gasteiger partial charge in [0.2, 0.25) is 0 Å². The zero-order valence-electron chi connectivity index (χ0n) is 11.0. The Labute approximate surface area is 110 Å². The number of nitrogen functional groups attached to an aromatic ring is 1. The summed E-state index contributed by atoms with van der Waals surface area (Å²) in [6, 6.07) is -0.132. The summed E-state index contributed by atoms with van der Waals surface area (Å²) in [5.41, 5.74) is 6.92. The van der Waals surface area contributed by atoms with Gasteiger partial charge in [-0.3, -0.25) is 4.68 Å². The first kappa shape index (κ1) is 13.2. The van der Waals surface area contributed by atoms with Crippen LogP contribution in [0.5, 0.6) is 0 Å². The quantitative estimate of drug-likeness (QED) is 0.715. The van der Waals surface area contributed by atoms with E-state index in [9.17, 15) is 9.59 Å². The standard InChI is InChI=1S/C11H17N5O3/c1-7-8(12)9(15(2)14-7)10(17)19-6-5-16-4-3-13-11(16)18/h3-6,12H2,1-2H3,(H,13,18). The number of carbonyl (C=O) groups excluding carboxylic acids is 2. The van der Waals surface area contributed by atoms with Crippen molar-refractivity contribution < 1.29 is 14.3 Å². The lowest BCUT2D eigenvalue weighted by atomic mass is 10.3. The number of nitrogens with one attached hydrogen (secondary N) is 1. The van der Waals surface area contributed by atoms with E-state index >= 15 is 0 Å². The van der Waals surface area contributed by atoms with E-state index < -0.39 is 5.97 Å². The molecule has 2 heterocycles. The molecule has 0 saturated carbocycles. The first-order valence-corrected chi connectivity index (χ1v) is 5.99. The first-order valence-electron chi connectivity index (χ1n) is 5.99. The van der Waals surface area contributed by atoms with Crippen LogP contribution in [-0.2, 0) is 11.8 Å². The molecule has 0 aliphatic carbocycles. The number of anilines is 1. The number of esters is 1. The van der Waals surface area contributed by atoms with E-state index in [0.29, 0.717) is 31.0 Å². The van der Waals surface area contributed by atoms with E-state index in [-0.39, 0.29) is 18.3 Å². The molecule has 8 heteroatoms. The highest BCUT2D eigenvalue weighted by Crippen LogP contribution is 2.16. The van der Waals surface area contributed by atoms with Crippen LogP contribution in [0.1, 0.15) is 16.2 Å².